The predicted octanol–water partition coefficient (Wildman–Crippen LogP) is 4.76. The van der Waals surface area contributed by atoms with Gasteiger partial charge in [0.25, 0.3) is 0 Å². The molecule has 1 heterocycles. The third kappa shape index (κ3) is 3.35. The zero-order valence-electron chi connectivity index (χ0n) is 12.1. The largest absolute Gasteiger partial charge is 0.301 e. The summed E-state index contributed by atoms with van der Waals surface area (Å²) in [6.07, 6.45) is 3.36. The topological polar surface area (TPSA) is 24.9 Å². The summed E-state index contributed by atoms with van der Waals surface area (Å²) in [7, 11) is 0. The predicted molar refractivity (Wildman–Crippen MR) is 88.3 cm³/mol. The maximum absolute atomic E-state index is 13.3. The van der Waals surface area contributed by atoms with Crippen LogP contribution in [0.5, 0.6) is 0 Å². The van der Waals surface area contributed by atoms with Gasteiger partial charge >= 0.3 is 0 Å². The summed E-state index contributed by atoms with van der Waals surface area (Å²) in [6, 6.07) is 5.49. The molecule has 1 unspecified atom stereocenters. The second-order valence-corrected chi connectivity index (χ2v) is 7.54. The van der Waals surface area contributed by atoms with E-state index in [4.69, 9.17) is 4.98 Å². The average Bonchev–Trinajstić information content (AvgIpc) is 3.18. The molecule has 0 spiro atoms. The molecule has 0 aliphatic heterocycles. The molecule has 1 aromatic carbocycles. The van der Waals surface area contributed by atoms with Crippen LogP contribution in [0.4, 0.5) is 4.39 Å². The van der Waals surface area contributed by atoms with Crippen LogP contribution in [0.25, 0.3) is 0 Å². The Morgan fingerprint density at radius 1 is 1.48 bits per heavy atom. The average molecular weight is 369 g/mol. The maximum Gasteiger partial charge on any atom is 0.124 e. The molecule has 0 radical (unpaired) electrons. The minimum Gasteiger partial charge on any atom is -0.301 e. The van der Waals surface area contributed by atoms with Crippen molar-refractivity contribution in [3.8, 4) is 0 Å². The number of hydrogen-bond donors (Lipinski definition) is 1. The first-order valence-electron chi connectivity index (χ1n) is 7.25. The van der Waals surface area contributed by atoms with Crippen LogP contribution in [-0.4, -0.2) is 11.0 Å². The van der Waals surface area contributed by atoms with Crippen LogP contribution < -0.4 is 5.32 Å². The molecule has 1 aliphatic rings. The SMILES string of the molecule is CCc1nc(C(NC2CC2)c2ccc(F)cc2Br)sc1C. The number of aromatic nitrogens is 1. The van der Waals surface area contributed by atoms with Gasteiger partial charge in [0, 0.05) is 15.4 Å². The molecular formula is C16H18BrFN2S. The Kier molecular flexibility index (Phi) is 4.43. The summed E-state index contributed by atoms with van der Waals surface area (Å²) in [6.45, 7) is 4.25. The number of nitrogens with one attached hydrogen (secondary N) is 1. The number of rotatable bonds is 5. The summed E-state index contributed by atoms with van der Waals surface area (Å²) in [5, 5.41) is 4.72. The molecule has 1 atom stereocenters. The lowest BCUT2D eigenvalue weighted by Crippen LogP contribution is -2.24. The van der Waals surface area contributed by atoms with E-state index < -0.39 is 0 Å². The van der Waals surface area contributed by atoms with Crippen LogP contribution in [0.2, 0.25) is 0 Å². The Hall–Kier alpha value is -0.780. The van der Waals surface area contributed by atoms with Crippen molar-refractivity contribution in [3.63, 3.8) is 0 Å². The highest BCUT2D eigenvalue weighted by molar-refractivity contribution is 9.10. The fourth-order valence-corrected chi connectivity index (χ4v) is 4.09. The molecule has 0 bridgehead atoms. The van der Waals surface area contributed by atoms with E-state index >= 15 is 0 Å². The zero-order chi connectivity index (χ0) is 15.0. The van der Waals surface area contributed by atoms with Gasteiger partial charge in [-0.1, -0.05) is 28.9 Å². The Bertz CT molecular complexity index is 652. The van der Waals surface area contributed by atoms with E-state index in [0.717, 1.165) is 27.2 Å². The number of nitrogens with zero attached hydrogens (tertiary/aromatic N) is 1. The molecule has 0 amide bonds. The maximum atomic E-state index is 13.3. The van der Waals surface area contributed by atoms with Gasteiger partial charge in [0.2, 0.25) is 0 Å². The number of benzene rings is 1. The molecule has 1 N–H and O–H groups in total. The molecule has 2 nitrogen and oxygen atoms in total. The Morgan fingerprint density at radius 2 is 2.24 bits per heavy atom. The standard InChI is InChI=1S/C16H18BrFN2S/c1-3-14-9(2)21-16(20-14)15(19-11-5-6-11)12-7-4-10(18)8-13(12)17/h4,7-8,11,15,19H,3,5-6H2,1-2H3. The summed E-state index contributed by atoms with van der Waals surface area (Å²) < 4.78 is 14.1. The molecule has 112 valence electrons. The van der Waals surface area contributed by atoms with Crippen LogP contribution in [0.3, 0.4) is 0 Å². The molecule has 2 aromatic rings. The van der Waals surface area contributed by atoms with Gasteiger partial charge in [0.15, 0.2) is 0 Å². The summed E-state index contributed by atoms with van der Waals surface area (Å²) in [5.41, 5.74) is 2.22. The van der Waals surface area contributed by atoms with E-state index in [9.17, 15) is 4.39 Å². The molecule has 1 aliphatic carbocycles. The summed E-state index contributed by atoms with van der Waals surface area (Å²) in [4.78, 5) is 6.06. The fourth-order valence-electron chi connectivity index (χ4n) is 2.42. The summed E-state index contributed by atoms with van der Waals surface area (Å²) in [5.74, 6) is -0.222. The van der Waals surface area contributed by atoms with Crippen molar-refractivity contribution >= 4 is 27.3 Å². The first-order chi connectivity index (χ1) is 10.1. The van der Waals surface area contributed by atoms with E-state index in [1.54, 1.807) is 11.3 Å². The van der Waals surface area contributed by atoms with Crippen LogP contribution in [0, 0.1) is 12.7 Å². The van der Waals surface area contributed by atoms with Crippen molar-refractivity contribution in [2.24, 2.45) is 0 Å². The van der Waals surface area contributed by atoms with Gasteiger partial charge in [-0.2, -0.15) is 0 Å². The molecule has 0 saturated heterocycles. The smallest absolute Gasteiger partial charge is 0.124 e. The summed E-state index contributed by atoms with van der Waals surface area (Å²) >= 11 is 5.23. The minimum absolute atomic E-state index is 0.0384. The highest BCUT2D eigenvalue weighted by atomic mass is 79.9. The first kappa shape index (κ1) is 15.1. The van der Waals surface area contributed by atoms with Crippen molar-refractivity contribution in [2.75, 3.05) is 0 Å². The fraction of sp³-hybridized carbons (Fsp3) is 0.438. The van der Waals surface area contributed by atoms with Crippen LogP contribution in [0.1, 0.15) is 46.9 Å². The van der Waals surface area contributed by atoms with Crippen molar-refractivity contribution in [1.29, 1.82) is 0 Å². The van der Waals surface area contributed by atoms with Crippen molar-refractivity contribution < 1.29 is 4.39 Å². The Labute approximate surface area is 136 Å². The molecule has 1 aromatic heterocycles. The van der Waals surface area contributed by atoms with E-state index in [0.29, 0.717) is 6.04 Å². The van der Waals surface area contributed by atoms with Gasteiger partial charge in [0.05, 0.1) is 11.7 Å². The number of hydrogen-bond acceptors (Lipinski definition) is 3. The van der Waals surface area contributed by atoms with Crippen molar-refractivity contribution in [1.82, 2.24) is 10.3 Å². The number of aryl methyl sites for hydroxylation is 2. The second kappa shape index (κ2) is 6.15. The van der Waals surface area contributed by atoms with Crippen molar-refractivity contribution in [3.05, 3.63) is 49.6 Å². The molecular weight excluding hydrogens is 351 g/mol. The molecule has 1 fully saturated rings. The molecule has 21 heavy (non-hydrogen) atoms. The van der Waals surface area contributed by atoms with E-state index in [-0.39, 0.29) is 11.9 Å². The zero-order valence-corrected chi connectivity index (χ0v) is 14.5. The van der Waals surface area contributed by atoms with Crippen LogP contribution >= 0.6 is 27.3 Å². The van der Waals surface area contributed by atoms with Gasteiger partial charge in [-0.15, -0.1) is 11.3 Å². The van der Waals surface area contributed by atoms with E-state index in [1.807, 2.05) is 6.07 Å². The highest BCUT2D eigenvalue weighted by Crippen LogP contribution is 2.35. The van der Waals surface area contributed by atoms with Gasteiger partial charge in [0.1, 0.15) is 10.8 Å². The van der Waals surface area contributed by atoms with E-state index in [1.165, 1.54) is 29.9 Å². The lowest BCUT2D eigenvalue weighted by molar-refractivity contribution is 0.588. The number of thiazole rings is 1. The number of halogens is 2. The lowest BCUT2D eigenvalue weighted by Gasteiger charge is -2.18. The quantitative estimate of drug-likeness (QED) is 0.822. The first-order valence-corrected chi connectivity index (χ1v) is 8.86. The van der Waals surface area contributed by atoms with Crippen LogP contribution in [-0.2, 0) is 6.42 Å². The second-order valence-electron chi connectivity index (χ2n) is 5.45. The normalized spacial score (nSPS) is 16.2. The van der Waals surface area contributed by atoms with Gasteiger partial charge < -0.3 is 5.32 Å². The van der Waals surface area contributed by atoms with Crippen molar-refractivity contribution in [2.45, 2.75) is 45.2 Å². The van der Waals surface area contributed by atoms with Crippen LogP contribution in [0.15, 0.2) is 22.7 Å². The molecule has 3 rings (SSSR count). The van der Waals surface area contributed by atoms with Gasteiger partial charge in [-0.25, -0.2) is 9.37 Å². The van der Waals surface area contributed by atoms with E-state index in [2.05, 4.69) is 35.1 Å². The van der Waals surface area contributed by atoms with Gasteiger partial charge in [-0.3, -0.25) is 0 Å². The minimum atomic E-state index is -0.222. The van der Waals surface area contributed by atoms with Gasteiger partial charge in [-0.05, 0) is 43.9 Å². The highest BCUT2D eigenvalue weighted by Gasteiger charge is 2.29. The lowest BCUT2D eigenvalue weighted by atomic mass is 10.1. The monoisotopic (exact) mass is 368 g/mol. The Balaban J connectivity index is 1.99. The third-order valence-electron chi connectivity index (χ3n) is 3.74. The molecule has 1 saturated carbocycles. The third-order valence-corrected chi connectivity index (χ3v) is 5.51. The molecule has 5 heteroatoms. The Morgan fingerprint density at radius 3 is 2.81 bits per heavy atom.